The molecule has 246 valence electrons. The SMILES string of the molecule is C=C(/N=C\C1=C(C)c2cccc3cccc1c23)n1c2ccccc2c2cc(-c3ccc(C)c(-c4ccccc4C)c3)ccc21.Cc1ccccc1. The van der Waals surface area contributed by atoms with Gasteiger partial charge in [-0.25, -0.2) is 4.99 Å². The van der Waals surface area contributed by atoms with Gasteiger partial charge in [0.05, 0.1) is 11.0 Å². The van der Waals surface area contributed by atoms with Gasteiger partial charge in [-0.3, -0.25) is 4.57 Å². The highest BCUT2D eigenvalue weighted by Crippen LogP contribution is 2.41. The molecule has 2 nitrogen and oxygen atoms in total. The van der Waals surface area contributed by atoms with Crippen LogP contribution in [0.2, 0.25) is 0 Å². The average molecular weight is 657 g/mol. The normalized spacial score (nSPS) is 12.2. The Morgan fingerprint density at radius 1 is 0.529 bits per heavy atom. The molecule has 9 rings (SSSR count). The minimum absolute atomic E-state index is 0.699. The predicted molar refractivity (Wildman–Crippen MR) is 221 cm³/mol. The Balaban J connectivity index is 0.000000480. The number of hydrogen-bond acceptors (Lipinski definition) is 1. The van der Waals surface area contributed by atoms with E-state index in [1.165, 1.54) is 77.2 Å². The number of aromatic nitrogens is 1. The second kappa shape index (κ2) is 13.2. The molecule has 0 unspecified atom stereocenters. The molecule has 1 aliphatic rings. The van der Waals surface area contributed by atoms with Crippen molar-refractivity contribution in [1.29, 1.82) is 0 Å². The van der Waals surface area contributed by atoms with E-state index >= 15 is 0 Å². The average Bonchev–Trinajstić information content (AvgIpc) is 3.64. The third-order valence-electron chi connectivity index (χ3n) is 10.2. The van der Waals surface area contributed by atoms with E-state index in [0.717, 1.165) is 16.6 Å². The van der Waals surface area contributed by atoms with Crippen molar-refractivity contribution in [3.63, 3.8) is 0 Å². The number of aryl methyl sites for hydroxylation is 3. The molecule has 0 amide bonds. The smallest absolute Gasteiger partial charge is 0.130 e. The van der Waals surface area contributed by atoms with Crippen molar-refractivity contribution in [2.75, 3.05) is 0 Å². The first-order valence-corrected chi connectivity index (χ1v) is 17.6. The van der Waals surface area contributed by atoms with Crippen LogP contribution in [0.4, 0.5) is 0 Å². The van der Waals surface area contributed by atoms with Crippen LogP contribution < -0.4 is 0 Å². The number of para-hydroxylation sites is 1. The summed E-state index contributed by atoms with van der Waals surface area (Å²) in [6, 6.07) is 54.0. The van der Waals surface area contributed by atoms with Crippen molar-refractivity contribution in [1.82, 2.24) is 4.57 Å². The van der Waals surface area contributed by atoms with Crippen LogP contribution in [-0.2, 0) is 0 Å². The monoisotopic (exact) mass is 656 g/mol. The Kier molecular flexibility index (Phi) is 8.29. The molecule has 7 aromatic carbocycles. The molecular weight excluding hydrogens is 617 g/mol. The summed E-state index contributed by atoms with van der Waals surface area (Å²) in [5.74, 6) is 0.699. The standard InChI is InChI=1S/C42H32N2.C7H8/c1-26-11-5-6-14-33(26)37-23-31(20-19-27(37)2)32-21-22-41-38(24-32)35-15-7-8-18-40(35)44(41)29(4)43-25-39-28(3)34-16-9-12-30-13-10-17-36(39)42(30)34;1-7-5-3-2-4-6-7/h5-25H,4H2,1-3H3;2-6H,1H3/b43-25-;. The largest absolute Gasteiger partial charge is 0.294 e. The number of allylic oxidation sites excluding steroid dienone is 2. The molecule has 0 bridgehead atoms. The van der Waals surface area contributed by atoms with Gasteiger partial charge in [-0.05, 0) is 113 Å². The summed E-state index contributed by atoms with van der Waals surface area (Å²) in [5, 5.41) is 4.96. The molecule has 0 saturated carbocycles. The summed E-state index contributed by atoms with van der Waals surface area (Å²) in [7, 11) is 0. The number of hydrogen-bond donors (Lipinski definition) is 0. The maximum absolute atomic E-state index is 5.00. The second-order valence-electron chi connectivity index (χ2n) is 13.5. The molecule has 2 heteroatoms. The van der Waals surface area contributed by atoms with E-state index in [1.807, 2.05) is 24.4 Å². The van der Waals surface area contributed by atoms with Crippen LogP contribution in [0.15, 0.2) is 163 Å². The summed E-state index contributed by atoms with van der Waals surface area (Å²) in [6.07, 6.45) is 2.00. The number of benzene rings is 7. The summed E-state index contributed by atoms with van der Waals surface area (Å²) in [6.45, 7) is 13.1. The zero-order valence-electron chi connectivity index (χ0n) is 29.6. The summed E-state index contributed by atoms with van der Waals surface area (Å²) < 4.78 is 2.19. The molecular formula is C49H40N2. The third-order valence-corrected chi connectivity index (χ3v) is 10.2. The Morgan fingerprint density at radius 3 is 1.92 bits per heavy atom. The quantitative estimate of drug-likeness (QED) is 0.164. The predicted octanol–water partition coefficient (Wildman–Crippen LogP) is 13.3. The highest BCUT2D eigenvalue weighted by molar-refractivity contribution is 6.29. The van der Waals surface area contributed by atoms with E-state index in [4.69, 9.17) is 4.99 Å². The third kappa shape index (κ3) is 5.79. The molecule has 0 spiro atoms. The van der Waals surface area contributed by atoms with Crippen LogP contribution in [0.5, 0.6) is 0 Å². The van der Waals surface area contributed by atoms with E-state index < -0.39 is 0 Å². The van der Waals surface area contributed by atoms with Gasteiger partial charge in [0.25, 0.3) is 0 Å². The molecule has 1 aromatic heterocycles. The summed E-state index contributed by atoms with van der Waals surface area (Å²) in [5.41, 5.74) is 16.0. The van der Waals surface area contributed by atoms with Gasteiger partial charge in [-0.15, -0.1) is 0 Å². The zero-order chi connectivity index (χ0) is 35.1. The Labute approximate surface area is 300 Å². The van der Waals surface area contributed by atoms with Crippen molar-refractivity contribution in [2.45, 2.75) is 27.7 Å². The lowest BCUT2D eigenvalue weighted by molar-refractivity contribution is 1.19. The minimum Gasteiger partial charge on any atom is -0.294 e. The van der Waals surface area contributed by atoms with Crippen LogP contribution in [0.3, 0.4) is 0 Å². The fourth-order valence-electron chi connectivity index (χ4n) is 7.52. The lowest BCUT2D eigenvalue weighted by atomic mass is 9.92. The molecule has 0 atom stereocenters. The highest BCUT2D eigenvalue weighted by atomic mass is 15.1. The Bertz CT molecular complexity index is 2680. The van der Waals surface area contributed by atoms with E-state index in [1.54, 1.807) is 0 Å². The molecule has 0 N–H and O–H groups in total. The number of nitrogens with zero attached hydrogens (tertiary/aromatic N) is 2. The first-order valence-electron chi connectivity index (χ1n) is 17.6. The van der Waals surface area contributed by atoms with Gasteiger partial charge in [0.15, 0.2) is 0 Å². The van der Waals surface area contributed by atoms with E-state index in [9.17, 15) is 0 Å². The molecule has 0 fully saturated rings. The van der Waals surface area contributed by atoms with Gasteiger partial charge in [0, 0.05) is 22.6 Å². The maximum Gasteiger partial charge on any atom is 0.130 e. The van der Waals surface area contributed by atoms with Gasteiger partial charge in [0.2, 0.25) is 0 Å². The van der Waals surface area contributed by atoms with Crippen molar-refractivity contribution in [3.8, 4) is 22.3 Å². The van der Waals surface area contributed by atoms with Crippen LogP contribution in [0, 0.1) is 20.8 Å². The topological polar surface area (TPSA) is 17.3 Å². The lowest BCUT2D eigenvalue weighted by Gasteiger charge is -2.12. The van der Waals surface area contributed by atoms with E-state index in [-0.39, 0.29) is 0 Å². The Hall–Kier alpha value is -6.25. The number of fused-ring (bicyclic) bond motifs is 3. The van der Waals surface area contributed by atoms with Crippen LogP contribution in [0.25, 0.3) is 71.8 Å². The van der Waals surface area contributed by atoms with Crippen molar-refractivity contribution in [2.24, 2.45) is 4.99 Å². The van der Waals surface area contributed by atoms with E-state index in [0.29, 0.717) is 5.82 Å². The van der Waals surface area contributed by atoms with Crippen molar-refractivity contribution < 1.29 is 0 Å². The first-order chi connectivity index (χ1) is 24.9. The van der Waals surface area contributed by atoms with E-state index in [2.05, 4.69) is 172 Å². The molecule has 1 heterocycles. The molecule has 8 aromatic rings. The highest BCUT2D eigenvalue weighted by Gasteiger charge is 2.20. The first kappa shape index (κ1) is 32.0. The molecule has 0 radical (unpaired) electrons. The fourth-order valence-corrected chi connectivity index (χ4v) is 7.52. The van der Waals surface area contributed by atoms with Crippen molar-refractivity contribution >= 4 is 55.8 Å². The summed E-state index contributed by atoms with van der Waals surface area (Å²) in [4.78, 5) is 5.00. The molecule has 1 aliphatic carbocycles. The zero-order valence-corrected chi connectivity index (χ0v) is 29.6. The lowest BCUT2D eigenvalue weighted by Crippen LogP contribution is -1.95. The van der Waals surface area contributed by atoms with Gasteiger partial charge < -0.3 is 0 Å². The van der Waals surface area contributed by atoms with Crippen LogP contribution in [-0.4, -0.2) is 10.8 Å². The Morgan fingerprint density at radius 2 is 1.16 bits per heavy atom. The molecule has 0 aliphatic heterocycles. The van der Waals surface area contributed by atoms with Crippen molar-refractivity contribution in [3.05, 3.63) is 186 Å². The number of rotatable bonds is 5. The number of aliphatic imine (C=N–C) groups is 1. The van der Waals surface area contributed by atoms with Gasteiger partial charge in [-0.2, -0.15) is 0 Å². The van der Waals surface area contributed by atoms with Crippen LogP contribution >= 0.6 is 0 Å². The van der Waals surface area contributed by atoms with Gasteiger partial charge in [-0.1, -0.05) is 140 Å². The minimum atomic E-state index is 0.699. The molecule has 0 saturated heterocycles. The summed E-state index contributed by atoms with van der Waals surface area (Å²) >= 11 is 0. The molecule has 51 heavy (non-hydrogen) atoms. The van der Waals surface area contributed by atoms with Gasteiger partial charge in [0.1, 0.15) is 5.82 Å². The van der Waals surface area contributed by atoms with Crippen LogP contribution in [0.1, 0.15) is 34.7 Å². The maximum atomic E-state index is 5.00. The second-order valence-corrected chi connectivity index (χ2v) is 13.5. The fraction of sp³-hybridized carbons (Fsp3) is 0.0816. The van der Waals surface area contributed by atoms with Gasteiger partial charge >= 0.3 is 0 Å².